The number of amides is 2. The molecular weight excluding hydrogens is 312 g/mol. The predicted octanol–water partition coefficient (Wildman–Crippen LogP) is 2.80. The van der Waals surface area contributed by atoms with Gasteiger partial charge < -0.3 is 24.8 Å². The van der Waals surface area contributed by atoms with E-state index in [2.05, 4.69) is 10.6 Å². The third-order valence-corrected chi connectivity index (χ3v) is 4.08. The van der Waals surface area contributed by atoms with Crippen LogP contribution in [0.3, 0.4) is 0 Å². The van der Waals surface area contributed by atoms with E-state index in [9.17, 15) is 9.59 Å². The van der Waals surface area contributed by atoms with E-state index in [0.29, 0.717) is 18.0 Å². The Bertz CT molecular complexity index is 625. The zero-order valence-electron chi connectivity index (χ0n) is 13.7. The number of benzene rings is 1. The normalized spacial score (nSPS) is 16.9. The van der Waals surface area contributed by atoms with Crippen molar-refractivity contribution in [3.8, 4) is 11.5 Å². The number of alkyl carbamates (subject to hydrolysis) is 1. The smallest absolute Gasteiger partial charge is 0.407 e. The quantitative estimate of drug-likeness (QED) is 0.865. The summed E-state index contributed by atoms with van der Waals surface area (Å²) in [6, 6.07) is 5.38. The molecule has 1 spiro atoms. The van der Waals surface area contributed by atoms with Gasteiger partial charge in [-0.2, -0.15) is 0 Å². The molecule has 2 aliphatic rings. The molecule has 1 aliphatic carbocycles. The van der Waals surface area contributed by atoms with Crippen LogP contribution >= 0.6 is 0 Å². The molecule has 7 nitrogen and oxygen atoms in total. The molecule has 0 unspecified atom stereocenters. The molecule has 1 aliphatic heterocycles. The van der Waals surface area contributed by atoms with Crippen molar-refractivity contribution in [3.63, 3.8) is 0 Å². The van der Waals surface area contributed by atoms with E-state index in [1.54, 1.807) is 19.1 Å². The molecule has 7 heteroatoms. The maximum atomic E-state index is 11.9. The highest BCUT2D eigenvalue weighted by molar-refractivity contribution is 5.91. The van der Waals surface area contributed by atoms with Crippen LogP contribution in [0.2, 0.25) is 0 Å². The maximum Gasteiger partial charge on any atom is 0.407 e. The Kier molecular flexibility index (Phi) is 4.78. The van der Waals surface area contributed by atoms with E-state index in [4.69, 9.17) is 14.2 Å². The van der Waals surface area contributed by atoms with E-state index < -0.39 is 11.9 Å². The van der Waals surface area contributed by atoms with Crippen molar-refractivity contribution >= 4 is 17.7 Å². The summed E-state index contributed by atoms with van der Waals surface area (Å²) in [6.45, 7) is 2.25. The summed E-state index contributed by atoms with van der Waals surface area (Å²) in [5.41, 5.74) is 0.647. The van der Waals surface area contributed by atoms with Gasteiger partial charge in [0.1, 0.15) is 0 Å². The summed E-state index contributed by atoms with van der Waals surface area (Å²) in [4.78, 5) is 23.1. The van der Waals surface area contributed by atoms with Crippen molar-refractivity contribution in [2.45, 2.75) is 44.8 Å². The number of carbonyl (C=O) groups excluding carboxylic acids is 2. The topological polar surface area (TPSA) is 85.9 Å². The Balaban J connectivity index is 1.50. The second kappa shape index (κ2) is 6.98. The Morgan fingerprint density at radius 2 is 1.96 bits per heavy atom. The van der Waals surface area contributed by atoms with Crippen molar-refractivity contribution in [1.29, 1.82) is 0 Å². The van der Waals surface area contributed by atoms with Crippen molar-refractivity contribution in [3.05, 3.63) is 18.2 Å². The Labute approximate surface area is 140 Å². The van der Waals surface area contributed by atoms with E-state index in [0.717, 1.165) is 31.4 Å². The molecule has 2 amide bonds. The van der Waals surface area contributed by atoms with Gasteiger partial charge in [-0.15, -0.1) is 0 Å². The summed E-state index contributed by atoms with van der Waals surface area (Å²) in [5, 5.41) is 5.30. The van der Waals surface area contributed by atoms with Gasteiger partial charge in [0.15, 0.2) is 11.5 Å². The van der Waals surface area contributed by atoms with E-state index in [1.807, 2.05) is 6.07 Å². The highest BCUT2D eigenvalue weighted by atomic mass is 16.7. The van der Waals surface area contributed by atoms with Gasteiger partial charge in [-0.3, -0.25) is 4.79 Å². The SMILES string of the molecule is CCOC(=O)NCCC(=O)Nc1ccc2c(c1)OC1(CCCC1)O2. The predicted molar refractivity (Wildman–Crippen MR) is 87.2 cm³/mol. The summed E-state index contributed by atoms with van der Waals surface area (Å²) >= 11 is 0. The van der Waals surface area contributed by atoms with Crippen LogP contribution in [-0.2, 0) is 9.53 Å². The molecule has 0 atom stereocenters. The fourth-order valence-corrected chi connectivity index (χ4v) is 2.97. The highest BCUT2D eigenvalue weighted by Gasteiger charge is 2.44. The van der Waals surface area contributed by atoms with E-state index >= 15 is 0 Å². The zero-order valence-corrected chi connectivity index (χ0v) is 13.7. The maximum absolute atomic E-state index is 11.9. The lowest BCUT2D eigenvalue weighted by atomic mass is 10.2. The molecule has 1 aromatic carbocycles. The minimum atomic E-state index is -0.518. The zero-order chi connectivity index (χ0) is 17.0. The number of nitrogens with one attached hydrogen (secondary N) is 2. The first-order chi connectivity index (χ1) is 11.6. The van der Waals surface area contributed by atoms with E-state index in [-0.39, 0.29) is 18.9 Å². The van der Waals surface area contributed by atoms with Crippen molar-refractivity contribution in [2.24, 2.45) is 0 Å². The van der Waals surface area contributed by atoms with Gasteiger partial charge in [-0.25, -0.2) is 4.79 Å². The molecule has 3 rings (SSSR count). The fraction of sp³-hybridized carbons (Fsp3) is 0.529. The van der Waals surface area contributed by atoms with Crippen LogP contribution in [-0.4, -0.2) is 30.9 Å². The van der Waals surface area contributed by atoms with Crippen LogP contribution in [0.15, 0.2) is 18.2 Å². The van der Waals surface area contributed by atoms with Gasteiger partial charge >= 0.3 is 6.09 Å². The van der Waals surface area contributed by atoms with Crippen LogP contribution in [0.25, 0.3) is 0 Å². The third-order valence-electron chi connectivity index (χ3n) is 4.08. The molecule has 2 N–H and O–H groups in total. The molecule has 1 heterocycles. The van der Waals surface area contributed by atoms with Crippen molar-refractivity contribution in [2.75, 3.05) is 18.5 Å². The first kappa shape index (κ1) is 16.4. The molecule has 0 saturated heterocycles. The van der Waals surface area contributed by atoms with Gasteiger partial charge in [0.25, 0.3) is 5.79 Å². The highest BCUT2D eigenvalue weighted by Crippen LogP contribution is 2.47. The monoisotopic (exact) mass is 334 g/mol. The average molecular weight is 334 g/mol. The molecular formula is C17H22N2O5. The molecule has 0 aromatic heterocycles. The van der Waals surface area contributed by atoms with Crippen LogP contribution in [0, 0.1) is 0 Å². The Hall–Kier alpha value is -2.44. The van der Waals surface area contributed by atoms with Crippen LogP contribution < -0.4 is 20.1 Å². The van der Waals surface area contributed by atoms with Crippen LogP contribution in [0.5, 0.6) is 11.5 Å². The van der Waals surface area contributed by atoms with Crippen molar-refractivity contribution < 1.29 is 23.8 Å². The minimum Gasteiger partial charge on any atom is -0.450 e. The summed E-state index contributed by atoms with van der Waals surface area (Å²) < 4.78 is 16.6. The molecule has 0 radical (unpaired) electrons. The van der Waals surface area contributed by atoms with Gasteiger partial charge in [0, 0.05) is 37.6 Å². The molecule has 1 saturated carbocycles. The average Bonchev–Trinajstić information content (AvgIpc) is 3.13. The van der Waals surface area contributed by atoms with Crippen LogP contribution in [0.1, 0.15) is 39.0 Å². The Morgan fingerprint density at radius 1 is 1.21 bits per heavy atom. The second-order valence-corrected chi connectivity index (χ2v) is 5.93. The largest absolute Gasteiger partial charge is 0.450 e. The molecule has 1 aromatic rings. The minimum absolute atomic E-state index is 0.164. The van der Waals surface area contributed by atoms with E-state index in [1.165, 1.54) is 0 Å². The summed E-state index contributed by atoms with van der Waals surface area (Å²) in [7, 11) is 0. The summed E-state index contributed by atoms with van der Waals surface area (Å²) in [6.07, 6.45) is 3.63. The second-order valence-electron chi connectivity index (χ2n) is 5.93. The van der Waals surface area contributed by atoms with Crippen molar-refractivity contribution in [1.82, 2.24) is 5.32 Å². The molecule has 0 bridgehead atoms. The lowest BCUT2D eigenvalue weighted by molar-refractivity contribution is -0.116. The first-order valence-corrected chi connectivity index (χ1v) is 8.33. The number of carbonyl (C=O) groups is 2. The lowest BCUT2D eigenvalue weighted by Crippen LogP contribution is -2.34. The summed E-state index contributed by atoms with van der Waals surface area (Å²) in [5.74, 6) is 0.689. The molecule has 130 valence electrons. The lowest BCUT2D eigenvalue weighted by Gasteiger charge is -2.21. The standard InChI is InChI=1S/C17H22N2O5/c1-2-22-16(21)18-10-7-15(20)19-12-5-6-13-14(11-12)24-17(23-13)8-3-4-9-17/h5-6,11H,2-4,7-10H2,1H3,(H,18,21)(H,19,20). The molecule has 1 fully saturated rings. The number of hydrogen-bond donors (Lipinski definition) is 2. The van der Waals surface area contributed by atoms with Gasteiger partial charge in [0.05, 0.1) is 6.61 Å². The first-order valence-electron chi connectivity index (χ1n) is 8.33. The van der Waals surface area contributed by atoms with Gasteiger partial charge in [-0.1, -0.05) is 0 Å². The number of ether oxygens (including phenoxy) is 3. The number of fused-ring (bicyclic) bond motifs is 1. The number of anilines is 1. The number of rotatable bonds is 5. The fourth-order valence-electron chi connectivity index (χ4n) is 2.97. The molecule has 24 heavy (non-hydrogen) atoms. The van der Waals surface area contributed by atoms with Gasteiger partial charge in [0.2, 0.25) is 5.91 Å². The van der Waals surface area contributed by atoms with Gasteiger partial charge in [-0.05, 0) is 31.9 Å². The third kappa shape index (κ3) is 3.72. The Morgan fingerprint density at radius 3 is 2.71 bits per heavy atom. The number of hydrogen-bond acceptors (Lipinski definition) is 5. The van der Waals surface area contributed by atoms with Crippen LogP contribution in [0.4, 0.5) is 10.5 Å².